The molecule has 1 aliphatic rings. The zero-order valence-corrected chi connectivity index (χ0v) is 21.6. The van der Waals surface area contributed by atoms with Crippen LogP contribution < -0.4 is 9.47 Å². The van der Waals surface area contributed by atoms with E-state index in [-0.39, 0.29) is 30.8 Å². The number of ether oxygens (including phenoxy) is 3. The molecule has 35 heavy (non-hydrogen) atoms. The first-order valence-electron chi connectivity index (χ1n) is 12.5. The Bertz CT molecular complexity index is 1040. The fourth-order valence-corrected chi connectivity index (χ4v) is 4.62. The number of hydrogen-bond donors (Lipinski definition) is 1. The van der Waals surface area contributed by atoms with Crippen molar-refractivity contribution in [3.63, 3.8) is 0 Å². The van der Waals surface area contributed by atoms with E-state index in [0.717, 1.165) is 52.2 Å². The number of ketones is 1. The number of aliphatic hydroxyl groups is 1. The summed E-state index contributed by atoms with van der Waals surface area (Å²) in [4.78, 5) is 23.7. The van der Waals surface area contributed by atoms with Crippen molar-refractivity contribution in [3.8, 4) is 11.5 Å². The van der Waals surface area contributed by atoms with Gasteiger partial charge >= 0.3 is 5.97 Å². The predicted molar refractivity (Wildman–Crippen MR) is 135 cm³/mol. The van der Waals surface area contributed by atoms with E-state index in [1.165, 1.54) is 0 Å². The normalized spacial score (nSPS) is 15.0. The van der Waals surface area contributed by atoms with E-state index in [0.29, 0.717) is 19.4 Å². The molecule has 1 unspecified atom stereocenters. The second kappa shape index (κ2) is 11.7. The van der Waals surface area contributed by atoms with E-state index in [9.17, 15) is 14.7 Å². The standard InChI is InChI=1S/C29H38O6/c1-6-33-26(32)17-23(31)16-22(30)12-13-24-19(2)27(34-18-21-10-8-7-9-11-21)20(3)25-14-15-29(4,5)35-28(24)25/h7-11,22,30H,6,12-18H2,1-5H3. The maximum Gasteiger partial charge on any atom is 0.313 e. The van der Waals surface area contributed by atoms with Crippen LogP contribution in [0.1, 0.15) is 74.3 Å². The van der Waals surface area contributed by atoms with Crippen molar-refractivity contribution >= 4 is 11.8 Å². The lowest BCUT2D eigenvalue weighted by Gasteiger charge is -2.36. The molecule has 190 valence electrons. The molecule has 6 heteroatoms. The minimum atomic E-state index is -0.849. The molecule has 0 fully saturated rings. The van der Waals surface area contributed by atoms with Crippen LogP contribution in [0.4, 0.5) is 0 Å². The Morgan fingerprint density at radius 1 is 1.14 bits per heavy atom. The van der Waals surface area contributed by atoms with Gasteiger partial charge in [0.2, 0.25) is 0 Å². The summed E-state index contributed by atoms with van der Waals surface area (Å²) in [6.45, 7) is 10.7. The first kappa shape index (κ1) is 26.7. The van der Waals surface area contributed by atoms with Gasteiger partial charge in [0, 0.05) is 17.5 Å². The quantitative estimate of drug-likeness (QED) is 0.351. The number of Topliss-reactive ketones (excluding diaryl/α,β-unsaturated/α-hetero) is 1. The van der Waals surface area contributed by atoms with E-state index in [1.807, 2.05) is 37.3 Å². The number of aliphatic hydroxyl groups excluding tert-OH is 1. The van der Waals surface area contributed by atoms with Gasteiger partial charge in [-0.3, -0.25) is 9.59 Å². The van der Waals surface area contributed by atoms with Crippen LogP contribution in [0.2, 0.25) is 0 Å². The van der Waals surface area contributed by atoms with Gasteiger partial charge in [0.05, 0.1) is 12.7 Å². The highest BCUT2D eigenvalue weighted by Crippen LogP contribution is 2.44. The molecule has 6 nitrogen and oxygen atoms in total. The molecule has 0 amide bonds. The van der Waals surface area contributed by atoms with Crippen molar-refractivity contribution in [2.75, 3.05) is 6.61 Å². The number of rotatable bonds is 11. The monoisotopic (exact) mass is 482 g/mol. The topological polar surface area (TPSA) is 82.1 Å². The Balaban J connectivity index is 1.80. The maximum atomic E-state index is 12.1. The first-order chi connectivity index (χ1) is 16.6. The summed E-state index contributed by atoms with van der Waals surface area (Å²) in [5, 5.41) is 10.6. The largest absolute Gasteiger partial charge is 0.488 e. The lowest BCUT2D eigenvalue weighted by atomic mass is 9.86. The zero-order valence-electron chi connectivity index (χ0n) is 21.6. The van der Waals surface area contributed by atoms with Crippen molar-refractivity contribution in [1.29, 1.82) is 0 Å². The second-order valence-electron chi connectivity index (χ2n) is 9.92. The smallest absolute Gasteiger partial charge is 0.313 e. The zero-order chi connectivity index (χ0) is 25.6. The number of carbonyl (C=O) groups is 2. The lowest BCUT2D eigenvalue weighted by Crippen LogP contribution is -2.34. The average Bonchev–Trinajstić information content (AvgIpc) is 2.78. The van der Waals surface area contributed by atoms with Crippen LogP contribution in [0.25, 0.3) is 0 Å². The summed E-state index contributed by atoms with van der Waals surface area (Å²) >= 11 is 0. The molecular weight excluding hydrogens is 444 g/mol. The van der Waals surface area contributed by atoms with Crippen LogP contribution in [0, 0.1) is 13.8 Å². The number of carbonyl (C=O) groups excluding carboxylic acids is 2. The highest BCUT2D eigenvalue weighted by atomic mass is 16.5. The van der Waals surface area contributed by atoms with Crippen molar-refractivity contribution in [1.82, 2.24) is 0 Å². The second-order valence-corrected chi connectivity index (χ2v) is 9.92. The van der Waals surface area contributed by atoms with Crippen molar-refractivity contribution in [3.05, 3.63) is 58.1 Å². The number of esters is 1. The average molecular weight is 483 g/mol. The Hall–Kier alpha value is -2.86. The van der Waals surface area contributed by atoms with E-state index in [2.05, 4.69) is 20.8 Å². The third kappa shape index (κ3) is 7.07. The van der Waals surface area contributed by atoms with E-state index in [1.54, 1.807) is 6.92 Å². The van der Waals surface area contributed by atoms with Crippen molar-refractivity contribution in [2.45, 2.75) is 91.5 Å². The number of fused-ring (bicyclic) bond motifs is 1. The number of benzene rings is 2. The van der Waals surface area contributed by atoms with Crippen molar-refractivity contribution < 1.29 is 28.9 Å². The van der Waals surface area contributed by atoms with Crippen LogP contribution in [-0.4, -0.2) is 35.2 Å². The molecule has 0 saturated heterocycles. The van der Waals surface area contributed by atoms with Gasteiger partial charge < -0.3 is 19.3 Å². The summed E-state index contributed by atoms with van der Waals surface area (Å²) in [5.74, 6) is 0.874. The summed E-state index contributed by atoms with van der Waals surface area (Å²) in [6.07, 6.45) is 1.50. The fraction of sp³-hybridized carbons (Fsp3) is 0.517. The predicted octanol–water partition coefficient (Wildman–Crippen LogP) is 5.19. The van der Waals surface area contributed by atoms with E-state index in [4.69, 9.17) is 14.2 Å². The molecule has 2 aromatic carbocycles. The van der Waals surface area contributed by atoms with Crippen molar-refractivity contribution in [2.24, 2.45) is 0 Å². The molecule has 0 aromatic heterocycles. The molecule has 1 aliphatic heterocycles. The molecule has 0 aliphatic carbocycles. The van der Waals surface area contributed by atoms with Gasteiger partial charge in [0.25, 0.3) is 0 Å². The summed E-state index contributed by atoms with van der Waals surface area (Å²) in [7, 11) is 0. The molecule has 2 aromatic rings. The molecule has 1 heterocycles. The summed E-state index contributed by atoms with van der Waals surface area (Å²) in [5.41, 5.74) is 5.08. The number of hydrogen-bond acceptors (Lipinski definition) is 6. The van der Waals surface area contributed by atoms with Crippen LogP contribution in [-0.2, 0) is 33.8 Å². The van der Waals surface area contributed by atoms with Gasteiger partial charge in [-0.2, -0.15) is 0 Å². The molecule has 0 saturated carbocycles. The SMILES string of the molecule is CCOC(=O)CC(=O)CC(O)CCc1c(C)c(OCc2ccccc2)c(C)c2c1OC(C)(C)CC2. The highest BCUT2D eigenvalue weighted by Gasteiger charge is 2.32. The fourth-order valence-electron chi connectivity index (χ4n) is 4.62. The Labute approximate surface area is 208 Å². The highest BCUT2D eigenvalue weighted by molar-refractivity contribution is 5.95. The molecular formula is C29H38O6. The Morgan fingerprint density at radius 2 is 1.86 bits per heavy atom. The summed E-state index contributed by atoms with van der Waals surface area (Å²) < 4.78 is 17.6. The molecule has 0 spiro atoms. The maximum absolute atomic E-state index is 12.1. The Morgan fingerprint density at radius 3 is 2.54 bits per heavy atom. The minimum absolute atomic E-state index is 0.0738. The van der Waals surface area contributed by atoms with Gasteiger partial charge in [-0.05, 0) is 77.0 Å². The van der Waals surface area contributed by atoms with Gasteiger partial charge in [-0.1, -0.05) is 30.3 Å². The van der Waals surface area contributed by atoms with Gasteiger partial charge in [-0.15, -0.1) is 0 Å². The molecule has 0 bridgehead atoms. The minimum Gasteiger partial charge on any atom is -0.488 e. The van der Waals surface area contributed by atoms with Crippen LogP contribution >= 0.6 is 0 Å². The van der Waals surface area contributed by atoms with Crippen LogP contribution in [0.15, 0.2) is 30.3 Å². The molecule has 1 atom stereocenters. The molecule has 3 rings (SSSR count). The third-order valence-electron chi connectivity index (χ3n) is 6.55. The third-order valence-corrected chi connectivity index (χ3v) is 6.55. The van der Waals surface area contributed by atoms with E-state index < -0.39 is 12.1 Å². The van der Waals surface area contributed by atoms with Crippen LogP contribution in [0.5, 0.6) is 11.5 Å². The van der Waals surface area contributed by atoms with Gasteiger partial charge in [0.15, 0.2) is 0 Å². The molecule has 1 N–H and O–H groups in total. The first-order valence-corrected chi connectivity index (χ1v) is 12.5. The summed E-state index contributed by atoms with van der Waals surface area (Å²) in [6, 6.07) is 10.1. The lowest BCUT2D eigenvalue weighted by molar-refractivity contribution is -0.145. The van der Waals surface area contributed by atoms with Gasteiger partial charge in [0.1, 0.15) is 35.9 Å². The van der Waals surface area contributed by atoms with E-state index >= 15 is 0 Å². The Kier molecular flexibility index (Phi) is 8.95. The van der Waals surface area contributed by atoms with Crippen LogP contribution in [0.3, 0.4) is 0 Å². The van der Waals surface area contributed by atoms with Gasteiger partial charge in [-0.25, -0.2) is 0 Å². The molecule has 0 radical (unpaired) electrons.